The monoisotopic (exact) mass is 335 g/mol. The molecule has 0 atom stereocenters. The summed E-state index contributed by atoms with van der Waals surface area (Å²) < 4.78 is 10.6. The van der Waals surface area contributed by atoms with E-state index in [0.29, 0.717) is 18.8 Å². The molecule has 1 aromatic carbocycles. The highest BCUT2D eigenvalue weighted by Gasteiger charge is 2.28. The van der Waals surface area contributed by atoms with Gasteiger partial charge in [-0.3, -0.25) is 0 Å². The number of methoxy groups -OCH3 is 1. The zero-order chi connectivity index (χ0) is 17.9. The third-order valence-electron chi connectivity index (χ3n) is 4.07. The van der Waals surface area contributed by atoms with Crippen molar-refractivity contribution in [2.75, 3.05) is 20.2 Å². The molecule has 1 amide bonds. The fraction of sp³-hybridized carbons (Fsp3) is 0.556. The maximum absolute atomic E-state index is 12.1. The largest absolute Gasteiger partial charge is 0.496 e. The van der Waals surface area contributed by atoms with Gasteiger partial charge in [0.1, 0.15) is 16.9 Å². The normalized spacial score (nSPS) is 15.9. The van der Waals surface area contributed by atoms with Gasteiger partial charge in [0.25, 0.3) is 0 Å². The Kier molecular flexibility index (Phi) is 5.36. The van der Waals surface area contributed by atoms with E-state index in [0.717, 1.165) is 18.4 Å². The Morgan fingerprint density at radius 2 is 1.83 bits per heavy atom. The maximum Gasteiger partial charge on any atom is 0.410 e. The molecule has 0 saturated carbocycles. The van der Waals surface area contributed by atoms with Gasteiger partial charge in [-0.15, -0.1) is 0 Å². The smallest absolute Gasteiger partial charge is 0.410 e. The van der Waals surface area contributed by atoms with Crippen LogP contribution in [-0.4, -0.2) is 47.9 Å². The van der Waals surface area contributed by atoms with E-state index >= 15 is 0 Å². The lowest BCUT2D eigenvalue weighted by Crippen LogP contribution is -2.41. The number of hydrogen-bond donors (Lipinski definition) is 1. The molecule has 132 valence electrons. The summed E-state index contributed by atoms with van der Waals surface area (Å²) in [5.74, 6) is -0.354. The number of carbonyl (C=O) groups excluding carboxylic acids is 1. The predicted octanol–water partition coefficient (Wildman–Crippen LogP) is 3.51. The molecular weight excluding hydrogens is 310 g/mol. The molecule has 0 bridgehead atoms. The first-order valence-electron chi connectivity index (χ1n) is 8.10. The van der Waals surface area contributed by atoms with E-state index in [-0.39, 0.29) is 17.6 Å². The maximum atomic E-state index is 12.1. The number of ether oxygens (including phenoxy) is 2. The Labute approximate surface area is 142 Å². The molecule has 0 aromatic heterocycles. The number of carboxylic acids is 1. The number of piperidine rings is 1. The third kappa shape index (κ3) is 4.40. The van der Waals surface area contributed by atoms with Crippen molar-refractivity contribution >= 4 is 12.1 Å². The minimum absolute atomic E-state index is 0.160. The molecule has 1 saturated heterocycles. The van der Waals surface area contributed by atoms with Crippen LogP contribution in [-0.2, 0) is 4.74 Å². The third-order valence-corrected chi connectivity index (χ3v) is 4.07. The SMILES string of the molecule is COc1cc(C2CCN(C(=O)OC(C)(C)C)CC2)ccc1C(=O)O. The first-order chi connectivity index (χ1) is 11.2. The lowest BCUT2D eigenvalue weighted by atomic mass is 9.89. The van der Waals surface area contributed by atoms with E-state index in [4.69, 9.17) is 14.6 Å². The number of hydrogen-bond acceptors (Lipinski definition) is 4. The van der Waals surface area contributed by atoms with Crippen LogP contribution in [0.5, 0.6) is 5.75 Å². The average molecular weight is 335 g/mol. The van der Waals surface area contributed by atoms with Gasteiger partial charge >= 0.3 is 12.1 Å². The number of carboxylic acid groups (broad SMARTS) is 1. The van der Waals surface area contributed by atoms with E-state index in [1.54, 1.807) is 17.0 Å². The Hall–Kier alpha value is -2.24. The highest BCUT2D eigenvalue weighted by molar-refractivity contribution is 5.91. The molecule has 6 nitrogen and oxygen atoms in total. The zero-order valence-electron chi connectivity index (χ0n) is 14.7. The van der Waals surface area contributed by atoms with Crippen LogP contribution in [0.4, 0.5) is 4.79 Å². The first kappa shape index (κ1) is 18.1. The van der Waals surface area contributed by atoms with Crippen LogP contribution in [0.15, 0.2) is 18.2 Å². The van der Waals surface area contributed by atoms with Gasteiger partial charge in [0.05, 0.1) is 7.11 Å². The van der Waals surface area contributed by atoms with Gasteiger partial charge in [-0.05, 0) is 57.2 Å². The lowest BCUT2D eigenvalue weighted by Gasteiger charge is -2.33. The van der Waals surface area contributed by atoms with E-state index in [1.165, 1.54) is 7.11 Å². The summed E-state index contributed by atoms with van der Waals surface area (Å²) in [5.41, 5.74) is 0.710. The van der Waals surface area contributed by atoms with Gasteiger partial charge in [0.15, 0.2) is 0 Å². The summed E-state index contributed by atoms with van der Waals surface area (Å²) in [4.78, 5) is 25.0. The number of benzene rings is 1. The zero-order valence-corrected chi connectivity index (χ0v) is 14.7. The molecule has 0 spiro atoms. The molecule has 0 unspecified atom stereocenters. The summed E-state index contributed by atoms with van der Waals surface area (Å²) in [6.45, 7) is 6.82. The molecule has 1 N–H and O–H groups in total. The Bertz CT molecular complexity index is 612. The van der Waals surface area contributed by atoms with Crippen LogP contribution in [0.3, 0.4) is 0 Å². The van der Waals surface area contributed by atoms with Crippen molar-refractivity contribution < 1.29 is 24.2 Å². The van der Waals surface area contributed by atoms with Crippen LogP contribution in [0.2, 0.25) is 0 Å². The fourth-order valence-electron chi connectivity index (χ4n) is 2.86. The standard InChI is InChI=1S/C18H25NO5/c1-18(2,3)24-17(22)19-9-7-12(8-10-19)13-5-6-14(16(20)21)15(11-13)23-4/h5-6,11-12H,7-10H2,1-4H3,(H,20,21). The Morgan fingerprint density at radius 3 is 2.33 bits per heavy atom. The second-order valence-electron chi connectivity index (χ2n) is 7.01. The van der Waals surface area contributed by atoms with Crippen LogP contribution in [0.25, 0.3) is 0 Å². The van der Waals surface area contributed by atoms with Crippen molar-refractivity contribution in [1.29, 1.82) is 0 Å². The van der Waals surface area contributed by atoms with Crippen molar-refractivity contribution in [3.05, 3.63) is 29.3 Å². The van der Waals surface area contributed by atoms with Crippen LogP contribution in [0, 0.1) is 0 Å². The van der Waals surface area contributed by atoms with E-state index in [2.05, 4.69) is 0 Å². The molecule has 6 heteroatoms. The molecular formula is C18H25NO5. The molecule has 1 aliphatic rings. The lowest BCUT2D eigenvalue weighted by molar-refractivity contribution is 0.0204. The molecule has 1 aliphatic heterocycles. The quantitative estimate of drug-likeness (QED) is 0.915. The van der Waals surface area contributed by atoms with Gasteiger partial charge in [-0.2, -0.15) is 0 Å². The summed E-state index contributed by atoms with van der Waals surface area (Å²) in [6, 6.07) is 5.20. The highest BCUT2D eigenvalue weighted by atomic mass is 16.6. The minimum atomic E-state index is -1.00. The van der Waals surface area contributed by atoms with E-state index in [9.17, 15) is 9.59 Å². The summed E-state index contributed by atoms with van der Waals surface area (Å²) >= 11 is 0. The van der Waals surface area contributed by atoms with E-state index < -0.39 is 11.6 Å². The number of rotatable bonds is 3. The van der Waals surface area contributed by atoms with Crippen molar-refractivity contribution in [1.82, 2.24) is 4.90 Å². The molecule has 2 rings (SSSR count). The van der Waals surface area contributed by atoms with Crippen LogP contribution >= 0.6 is 0 Å². The predicted molar refractivity (Wildman–Crippen MR) is 89.7 cm³/mol. The van der Waals surface area contributed by atoms with Crippen molar-refractivity contribution in [2.24, 2.45) is 0 Å². The average Bonchev–Trinajstić information content (AvgIpc) is 2.52. The summed E-state index contributed by atoms with van der Waals surface area (Å²) in [5, 5.41) is 9.15. The minimum Gasteiger partial charge on any atom is -0.496 e. The van der Waals surface area contributed by atoms with Gasteiger partial charge in [0, 0.05) is 13.1 Å². The molecule has 24 heavy (non-hydrogen) atoms. The second kappa shape index (κ2) is 7.11. The first-order valence-corrected chi connectivity index (χ1v) is 8.10. The fourth-order valence-corrected chi connectivity index (χ4v) is 2.86. The topological polar surface area (TPSA) is 76.1 Å². The van der Waals surface area contributed by atoms with Crippen molar-refractivity contribution in [3.63, 3.8) is 0 Å². The number of carbonyl (C=O) groups is 2. The summed E-state index contributed by atoms with van der Waals surface area (Å²) in [6.07, 6.45) is 1.35. The molecule has 1 aromatic rings. The van der Waals surface area contributed by atoms with Gasteiger partial charge in [-0.25, -0.2) is 9.59 Å². The van der Waals surface area contributed by atoms with Crippen LogP contribution < -0.4 is 4.74 Å². The van der Waals surface area contributed by atoms with Gasteiger partial charge in [-0.1, -0.05) is 6.07 Å². The Balaban J connectivity index is 2.02. The second-order valence-corrected chi connectivity index (χ2v) is 7.01. The Morgan fingerprint density at radius 1 is 1.21 bits per heavy atom. The number of aromatic carboxylic acids is 1. The van der Waals surface area contributed by atoms with Gasteiger partial charge in [0.2, 0.25) is 0 Å². The molecule has 0 radical (unpaired) electrons. The van der Waals surface area contributed by atoms with E-state index in [1.807, 2.05) is 26.8 Å². The number of nitrogens with zero attached hydrogens (tertiary/aromatic N) is 1. The highest BCUT2D eigenvalue weighted by Crippen LogP contribution is 2.32. The molecule has 1 heterocycles. The number of likely N-dealkylation sites (tertiary alicyclic amines) is 1. The van der Waals surface area contributed by atoms with Crippen molar-refractivity contribution in [2.45, 2.75) is 45.1 Å². The van der Waals surface area contributed by atoms with Crippen LogP contribution in [0.1, 0.15) is 55.5 Å². The molecule has 1 fully saturated rings. The van der Waals surface area contributed by atoms with Gasteiger partial charge < -0.3 is 19.5 Å². The number of amides is 1. The van der Waals surface area contributed by atoms with Crippen molar-refractivity contribution in [3.8, 4) is 5.75 Å². The summed E-state index contributed by atoms with van der Waals surface area (Å²) in [7, 11) is 1.47. The molecule has 0 aliphatic carbocycles.